The second kappa shape index (κ2) is 7.67. The fraction of sp³-hybridized carbons (Fsp3) is 0.261. The largest absolute Gasteiger partial charge is 0.486 e. The number of anilines is 3. The molecule has 1 aliphatic carbocycles. The van der Waals surface area contributed by atoms with E-state index in [9.17, 15) is 0 Å². The molecule has 2 aromatic heterocycles. The average Bonchev–Trinajstić information content (AvgIpc) is 3.12. The van der Waals surface area contributed by atoms with Gasteiger partial charge >= 0.3 is 0 Å². The molecule has 7 nitrogen and oxygen atoms in total. The zero-order valence-corrected chi connectivity index (χ0v) is 16.8. The molecule has 7 heteroatoms. The molecule has 152 valence electrons. The summed E-state index contributed by atoms with van der Waals surface area (Å²) < 4.78 is 11.9. The molecule has 0 spiro atoms. The van der Waals surface area contributed by atoms with Crippen LogP contribution in [-0.2, 0) is 19.4 Å². The molecule has 0 fully saturated rings. The zero-order chi connectivity index (χ0) is 20.5. The summed E-state index contributed by atoms with van der Waals surface area (Å²) in [5.41, 5.74) is 10.2. The minimum Gasteiger partial charge on any atom is -0.486 e. The quantitative estimate of drug-likeness (QED) is 0.499. The molecule has 0 radical (unpaired) electrons. The van der Waals surface area contributed by atoms with Gasteiger partial charge in [-0.25, -0.2) is 0 Å². The number of nitrogen functional groups attached to an aromatic ring is 1. The van der Waals surface area contributed by atoms with Crippen molar-refractivity contribution in [3.63, 3.8) is 0 Å². The molecule has 1 aliphatic rings. The van der Waals surface area contributed by atoms with Gasteiger partial charge in [-0.1, -0.05) is 17.7 Å². The number of aryl methyl sites for hydroxylation is 3. The maximum absolute atomic E-state index is 5.99. The second-order valence-electron chi connectivity index (χ2n) is 7.58. The van der Waals surface area contributed by atoms with E-state index in [2.05, 4.69) is 20.3 Å². The maximum Gasteiger partial charge on any atom is 0.232 e. The van der Waals surface area contributed by atoms with Crippen LogP contribution in [0.3, 0.4) is 0 Å². The molecular weight excluding hydrogens is 378 g/mol. The predicted molar refractivity (Wildman–Crippen MR) is 116 cm³/mol. The average molecular weight is 401 g/mol. The first-order valence-electron chi connectivity index (χ1n) is 10.2. The van der Waals surface area contributed by atoms with Crippen molar-refractivity contribution in [1.29, 1.82) is 0 Å². The lowest BCUT2D eigenvalue weighted by molar-refractivity contribution is 0.296. The van der Waals surface area contributed by atoms with Crippen LogP contribution in [0, 0.1) is 6.92 Å². The Labute approximate surface area is 174 Å². The number of furan rings is 1. The highest BCUT2D eigenvalue weighted by Gasteiger charge is 2.18. The Balaban J connectivity index is 1.33. The van der Waals surface area contributed by atoms with Crippen molar-refractivity contribution in [2.24, 2.45) is 0 Å². The number of hydrogen-bond donors (Lipinski definition) is 2. The molecule has 0 atom stereocenters. The normalized spacial score (nSPS) is 13.2. The highest BCUT2D eigenvalue weighted by atomic mass is 16.5. The first-order valence-corrected chi connectivity index (χ1v) is 10.2. The van der Waals surface area contributed by atoms with Crippen LogP contribution in [0.5, 0.6) is 5.75 Å². The molecule has 0 bridgehead atoms. The summed E-state index contributed by atoms with van der Waals surface area (Å²) in [5, 5.41) is 4.29. The predicted octanol–water partition coefficient (Wildman–Crippen LogP) is 4.71. The van der Waals surface area contributed by atoms with Crippen LogP contribution in [0.15, 0.2) is 46.9 Å². The summed E-state index contributed by atoms with van der Waals surface area (Å²) in [7, 11) is 0. The van der Waals surface area contributed by atoms with Gasteiger partial charge in [0, 0.05) is 23.1 Å². The van der Waals surface area contributed by atoms with Gasteiger partial charge in [0.15, 0.2) is 5.82 Å². The zero-order valence-electron chi connectivity index (χ0n) is 16.8. The van der Waals surface area contributed by atoms with Gasteiger partial charge in [-0.15, -0.1) is 0 Å². The molecule has 0 aliphatic heterocycles. The van der Waals surface area contributed by atoms with Crippen molar-refractivity contribution >= 4 is 28.6 Å². The summed E-state index contributed by atoms with van der Waals surface area (Å²) in [6, 6.07) is 13.9. The van der Waals surface area contributed by atoms with Crippen LogP contribution in [0.2, 0.25) is 0 Å². The summed E-state index contributed by atoms with van der Waals surface area (Å²) >= 11 is 0. The lowest BCUT2D eigenvalue weighted by atomic mass is 9.96. The molecule has 3 N–H and O–H groups in total. The van der Waals surface area contributed by atoms with E-state index < -0.39 is 0 Å². The number of nitrogens with two attached hydrogens (primary N) is 1. The Hall–Kier alpha value is -3.61. The van der Waals surface area contributed by atoms with Crippen LogP contribution in [-0.4, -0.2) is 15.0 Å². The SMILES string of the molecule is Cc1ccc(Nc2nc(N)nc(COc3ccc4oc5c(c4c3)CCCC5)n2)cc1. The van der Waals surface area contributed by atoms with E-state index >= 15 is 0 Å². The van der Waals surface area contributed by atoms with Crippen LogP contribution in [0.1, 0.15) is 35.6 Å². The third kappa shape index (κ3) is 3.78. The fourth-order valence-electron chi connectivity index (χ4n) is 3.80. The number of fused-ring (bicyclic) bond motifs is 3. The number of benzene rings is 2. The van der Waals surface area contributed by atoms with E-state index in [1.165, 1.54) is 24.0 Å². The minimum absolute atomic E-state index is 0.151. The number of aromatic nitrogens is 3. The first kappa shape index (κ1) is 18.4. The molecular formula is C23H23N5O2. The Morgan fingerprint density at radius 2 is 1.87 bits per heavy atom. The van der Waals surface area contributed by atoms with Crippen molar-refractivity contribution in [1.82, 2.24) is 15.0 Å². The molecule has 5 rings (SSSR count). The number of nitrogens with zero attached hydrogens (tertiary/aromatic N) is 3. The Morgan fingerprint density at radius 1 is 1.03 bits per heavy atom. The van der Waals surface area contributed by atoms with Gasteiger partial charge < -0.3 is 20.2 Å². The van der Waals surface area contributed by atoms with Gasteiger partial charge in [-0.2, -0.15) is 15.0 Å². The summed E-state index contributed by atoms with van der Waals surface area (Å²) in [6.45, 7) is 2.23. The van der Waals surface area contributed by atoms with Crippen molar-refractivity contribution in [3.8, 4) is 5.75 Å². The molecule has 0 amide bonds. The third-order valence-corrected chi connectivity index (χ3v) is 5.30. The lowest BCUT2D eigenvalue weighted by Crippen LogP contribution is -2.09. The number of rotatable bonds is 5. The van der Waals surface area contributed by atoms with Gasteiger partial charge in [-0.05, 0) is 56.5 Å². The topological polar surface area (TPSA) is 99.1 Å². The highest BCUT2D eigenvalue weighted by molar-refractivity contribution is 5.84. The van der Waals surface area contributed by atoms with Crippen LogP contribution in [0.4, 0.5) is 17.6 Å². The number of ether oxygens (including phenoxy) is 1. The molecule has 0 saturated heterocycles. The second-order valence-corrected chi connectivity index (χ2v) is 7.58. The van der Waals surface area contributed by atoms with E-state index in [0.717, 1.165) is 41.0 Å². The monoisotopic (exact) mass is 401 g/mol. The van der Waals surface area contributed by atoms with Gasteiger partial charge in [0.25, 0.3) is 0 Å². The van der Waals surface area contributed by atoms with E-state index in [0.29, 0.717) is 11.8 Å². The van der Waals surface area contributed by atoms with Crippen molar-refractivity contribution < 1.29 is 9.15 Å². The number of hydrogen-bond acceptors (Lipinski definition) is 7. The molecule has 0 unspecified atom stereocenters. The van der Waals surface area contributed by atoms with Gasteiger partial charge in [0.2, 0.25) is 11.9 Å². The minimum atomic E-state index is 0.151. The van der Waals surface area contributed by atoms with Crippen LogP contribution >= 0.6 is 0 Å². The van der Waals surface area contributed by atoms with Gasteiger partial charge in [-0.3, -0.25) is 0 Å². The Kier molecular flexibility index (Phi) is 4.71. The molecule has 4 aromatic rings. The summed E-state index contributed by atoms with van der Waals surface area (Å²) in [5.74, 6) is 2.88. The van der Waals surface area contributed by atoms with E-state index in [1.807, 2.05) is 49.4 Å². The molecule has 2 heterocycles. The molecule has 30 heavy (non-hydrogen) atoms. The van der Waals surface area contributed by atoms with E-state index in [4.69, 9.17) is 14.9 Å². The highest BCUT2D eigenvalue weighted by Crippen LogP contribution is 2.34. The summed E-state index contributed by atoms with van der Waals surface area (Å²) in [4.78, 5) is 12.8. The fourth-order valence-corrected chi connectivity index (χ4v) is 3.80. The Morgan fingerprint density at radius 3 is 2.73 bits per heavy atom. The van der Waals surface area contributed by atoms with E-state index in [-0.39, 0.29) is 12.6 Å². The maximum atomic E-state index is 5.99. The number of nitrogens with one attached hydrogen (secondary N) is 1. The van der Waals surface area contributed by atoms with Gasteiger partial charge in [0.1, 0.15) is 23.7 Å². The molecule has 2 aromatic carbocycles. The third-order valence-electron chi connectivity index (χ3n) is 5.30. The Bertz CT molecular complexity index is 1200. The smallest absolute Gasteiger partial charge is 0.232 e. The van der Waals surface area contributed by atoms with Crippen molar-refractivity contribution in [2.45, 2.75) is 39.2 Å². The first-order chi connectivity index (χ1) is 14.6. The van der Waals surface area contributed by atoms with Crippen molar-refractivity contribution in [3.05, 3.63) is 65.2 Å². The van der Waals surface area contributed by atoms with Gasteiger partial charge in [0.05, 0.1) is 0 Å². The standard InChI is InChI=1S/C23H23N5O2/c1-14-6-8-15(9-7-14)25-23-27-21(26-22(24)28-23)13-29-16-10-11-20-18(12-16)17-4-2-3-5-19(17)30-20/h6-12H,2-5,13H2,1H3,(H3,24,25,26,27,28). The lowest BCUT2D eigenvalue weighted by Gasteiger charge is -2.10. The summed E-state index contributed by atoms with van der Waals surface area (Å²) in [6.07, 6.45) is 4.47. The van der Waals surface area contributed by atoms with Crippen LogP contribution in [0.25, 0.3) is 11.0 Å². The molecule has 0 saturated carbocycles. The van der Waals surface area contributed by atoms with E-state index in [1.54, 1.807) is 0 Å². The van der Waals surface area contributed by atoms with Crippen molar-refractivity contribution in [2.75, 3.05) is 11.1 Å². The van der Waals surface area contributed by atoms with Crippen LogP contribution < -0.4 is 15.8 Å².